The molecule has 0 aliphatic rings. The first-order valence-electron chi connectivity index (χ1n) is 3.87. The largest absolute Gasteiger partial charge is 0.502 e. The Morgan fingerprint density at radius 3 is 2.00 bits per heavy atom. The van der Waals surface area contributed by atoms with Crippen molar-refractivity contribution in [3.8, 4) is 5.75 Å². The first-order valence-corrected chi connectivity index (χ1v) is 3.87. The zero-order chi connectivity index (χ0) is 13.4. The van der Waals surface area contributed by atoms with Crippen LogP contribution in [0.2, 0.25) is 0 Å². The monoisotopic (exact) mass is 252 g/mol. The highest BCUT2D eigenvalue weighted by Crippen LogP contribution is 2.43. The Bertz CT molecular complexity index is 499. The molecule has 1 rings (SSSR count). The van der Waals surface area contributed by atoms with E-state index >= 15 is 0 Å². The van der Waals surface area contributed by atoms with Crippen molar-refractivity contribution in [2.45, 2.75) is 6.18 Å². The van der Waals surface area contributed by atoms with Crippen molar-refractivity contribution in [1.29, 1.82) is 0 Å². The molecule has 0 spiro atoms. The summed E-state index contributed by atoms with van der Waals surface area (Å²) in [6.45, 7) is 0. The van der Waals surface area contributed by atoms with Crippen molar-refractivity contribution in [2.75, 3.05) is 0 Å². The number of phenols is 1. The third-order valence-corrected chi connectivity index (χ3v) is 1.79. The lowest BCUT2D eigenvalue weighted by atomic mass is 10.1. The van der Waals surface area contributed by atoms with Gasteiger partial charge in [0.05, 0.1) is 15.9 Å². The number of hydrogen-bond donors (Lipinski definition) is 1. The summed E-state index contributed by atoms with van der Waals surface area (Å²) in [5.41, 5.74) is -4.31. The average molecular weight is 252 g/mol. The molecule has 0 aromatic heterocycles. The highest BCUT2D eigenvalue weighted by molar-refractivity contribution is 5.58. The van der Waals surface area contributed by atoms with E-state index in [1.165, 1.54) is 0 Å². The van der Waals surface area contributed by atoms with Crippen LogP contribution in [-0.4, -0.2) is 15.0 Å². The molecule has 0 fully saturated rings. The number of nitrogens with zero attached hydrogens (tertiary/aromatic N) is 2. The number of alkyl halides is 3. The van der Waals surface area contributed by atoms with Gasteiger partial charge in [-0.15, -0.1) is 0 Å². The van der Waals surface area contributed by atoms with Crippen molar-refractivity contribution >= 4 is 11.4 Å². The van der Waals surface area contributed by atoms with E-state index in [-0.39, 0.29) is 12.1 Å². The van der Waals surface area contributed by atoms with E-state index in [0.717, 1.165) is 0 Å². The molecule has 1 aromatic carbocycles. The molecule has 0 bridgehead atoms. The van der Waals surface area contributed by atoms with Crippen molar-refractivity contribution in [1.82, 2.24) is 0 Å². The summed E-state index contributed by atoms with van der Waals surface area (Å²) in [4.78, 5) is 18.1. The van der Waals surface area contributed by atoms with Gasteiger partial charge in [0.25, 0.3) is 5.69 Å². The van der Waals surface area contributed by atoms with Crippen molar-refractivity contribution in [3.63, 3.8) is 0 Å². The molecule has 0 atom stereocenters. The molecule has 0 saturated carbocycles. The maximum Gasteiger partial charge on any atom is 0.420 e. The molecule has 17 heavy (non-hydrogen) atoms. The van der Waals surface area contributed by atoms with Crippen LogP contribution in [0.25, 0.3) is 0 Å². The summed E-state index contributed by atoms with van der Waals surface area (Å²) in [5, 5.41) is 29.6. The van der Waals surface area contributed by atoms with Gasteiger partial charge in [-0.2, -0.15) is 13.2 Å². The van der Waals surface area contributed by atoms with Crippen LogP contribution in [0, 0.1) is 20.2 Å². The van der Waals surface area contributed by atoms with Gasteiger partial charge >= 0.3 is 11.9 Å². The fourth-order valence-corrected chi connectivity index (χ4v) is 1.06. The van der Waals surface area contributed by atoms with Crippen molar-refractivity contribution < 1.29 is 28.1 Å². The number of non-ortho nitro benzene ring substituents is 1. The second-order valence-corrected chi connectivity index (χ2v) is 2.87. The Hall–Kier alpha value is -2.39. The fraction of sp³-hybridized carbons (Fsp3) is 0.143. The molecule has 1 aromatic rings. The smallest absolute Gasteiger partial charge is 0.420 e. The van der Waals surface area contributed by atoms with Crippen LogP contribution in [0.5, 0.6) is 5.75 Å². The van der Waals surface area contributed by atoms with E-state index in [9.17, 15) is 33.4 Å². The molecule has 92 valence electrons. The summed E-state index contributed by atoms with van der Waals surface area (Å²) < 4.78 is 37.0. The Labute approximate surface area is 90.4 Å². The normalized spacial score (nSPS) is 11.2. The van der Waals surface area contributed by atoms with Gasteiger partial charge in [-0.1, -0.05) is 0 Å². The molecule has 0 aliphatic heterocycles. The van der Waals surface area contributed by atoms with E-state index in [4.69, 9.17) is 5.11 Å². The van der Waals surface area contributed by atoms with Crippen molar-refractivity contribution in [3.05, 3.63) is 37.9 Å². The highest BCUT2D eigenvalue weighted by Gasteiger charge is 2.39. The zero-order valence-corrected chi connectivity index (χ0v) is 7.76. The summed E-state index contributed by atoms with van der Waals surface area (Å²) in [6.07, 6.45) is -5.12. The third-order valence-electron chi connectivity index (χ3n) is 1.79. The van der Waals surface area contributed by atoms with Gasteiger partial charge in [0.1, 0.15) is 5.56 Å². The molecule has 0 saturated heterocycles. The Kier molecular flexibility index (Phi) is 2.90. The van der Waals surface area contributed by atoms with Gasteiger partial charge in [-0.25, -0.2) is 0 Å². The van der Waals surface area contributed by atoms with E-state index in [2.05, 4.69) is 0 Å². The number of aromatic hydroxyl groups is 1. The minimum Gasteiger partial charge on any atom is -0.502 e. The van der Waals surface area contributed by atoms with Crippen LogP contribution in [0.4, 0.5) is 24.5 Å². The number of rotatable bonds is 2. The Morgan fingerprint density at radius 2 is 1.65 bits per heavy atom. The number of benzene rings is 1. The molecule has 0 unspecified atom stereocenters. The van der Waals surface area contributed by atoms with E-state index in [1.54, 1.807) is 0 Å². The fourth-order valence-electron chi connectivity index (χ4n) is 1.06. The lowest BCUT2D eigenvalue weighted by Gasteiger charge is -2.08. The van der Waals surface area contributed by atoms with Crippen LogP contribution >= 0.6 is 0 Å². The van der Waals surface area contributed by atoms with Gasteiger partial charge in [0.15, 0.2) is 0 Å². The van der Waals surface area contributed by atoms with Gasteiger partial charge in [-0.3, -0.25) is 20.2 Å². The van der Waals surface area contributed by atoms with Crippen LogP contribution in [0.1, 0.15) is 5.56 Å². The Balaban J connectivity index is 3.60. The lowest BCUT2D eigenvalue weighted by Crippen LogP contribution is -2.07. The minimum absolute atomic E-state index is 0.0301. The molecule has 0 amide bonds. The molecule has 7 nitrogen and oxygen atoms in total. The number of phenolic OH excluding ortho intramolecular Hbond substituents is 1. The summed E-state index contributed by atoms with van der Waals surface area (Å²) in [6, 6.07) is 0.285. The number of nitro groups is 2. The Morgan fingerprint density at radius 1 is 1.12 bits per heavy atom. The van der Waals surface area contributed by atoms with Crippen molar-refractivity contribution in [2.24, 2.45) is 0 Å². The number of halogens is 3. The summed E-state index contributed by atoms with van der Waals surface area (Å²) in [7, 11) is 0. The highest BCUT2D eigenvalue weighted by atomic mass is 19.4. The van der Waals surface area contributed by atoms with E-state index in [1.807, 2.05) is 0 Å². The first kappa shape index (κ1) is 12.7. The molecular formula is C7H3F3N2O5. The van der Waals surface area contributed by atoms with Gasteiger partial charge in [0, 0.05) is 6.07 Å². The first-order chi connectivity index (χ1) is 7.64. The quantitative estimate of drug-likeness (QED) is 0.641. The van der Waals surface area contributed by atoms with Crippen LogP contribution in [0.3, 0.4) is 0 Å². The number of hydrogen-bond acceptors (Lipinski definition) is 5. The molecule has 10 heteroatoms. The average Bonchev–Trinajstić information content (AvgIpc) is 2.15. The van der Waals surface area contributed by atoms with Crippen LogP contribution < -0.4 is 0 Å². The van der Waals surface area contributed by atoms with E-state index in [0.29, 0.717) is 0 Å². The third kappa shape index (κ3) is 2.41. The van der Waals surface area contributed by atoms with E-state index < -0.39 is 38.7 Å². The molecule has 0 radical (unpaired) electrons. The second-order valence-electron chi connectivity index (χ2n) is 2.87. The molecule has 0 heterocycles. The van der Waals surface area contributed by atoms with Crippen LogP contribution in [0.15, 0.2) is 12.1 Å². The maximum absolute atomic E-state index is 12.3. The standard InChI is InChI=1S/C7H3F3N2O5/c8-7(9,10)4-1-3(11(14)15)2-5(6(4)13)12(16)17/h1-2,13H. The van der Waals surface area contributed by atoms with Crippen LogP contribution in [-0.2, 0) is 6.18 Å². The second kappa shape index (κ2) is 3.88. The number of nitro benzene ring substituents is 2. The predicted octanol–water partition coefficient (Wildman–Crippen LogP) is 2.23. The molecular weight excluding hydrogens is 249 g/mol. The summed E-state index contributed by atoms with van der Waals surface area (Å²) >= 11 is 0. The predicted molar refractivity (Wildman–Crippen MR) is 46.4 cm³/mol. The minimum atomic E-state index is -5.12. The maximum atomic E-state index is 12.3. The van der Waals surface area contributed by atoms with Gasteiger partial charge in [0.2, 0.25) is 5.75 Å². The molecule has 1 N–H and O–H groups in total. The topological polar surface area (TPSA) is 107 Å². The summed E-state index contributed by atoms with van der Waals surface area (Å²) in [5.74, 6) is -1.65. The van der Waals surface area contributed by atoms with Gasteiger partial charge < -0.3 is 5.11 Å². The SMILES string of the molecule is O=[N+]([O-])c1cc([N+](=O)[O-])c(O)c(C(F)(F)F)c1. The van der Waals surface area contributed by atoms with Gasteiger partial charge in [-0.05, 0) is 0 Å². The zero-order valence-electron chi connectivity index (χ0n) is 7.76. The molecule has 0 aliphatic carbocycles. The lowest BCUT2D eigenvalue weighted by molar-refractivity contribution is -0.395.